The summed E-state index contributed by atoms with van der Waals surface area (Å²) in [5, 5.41) is 3.22. The van der Waals surface area contributed by atoms with E-state index in [0.717, 1.165) is 12.1 Å². The van der Waals surface area contributed by atoms with Crippen LogP contribution in [0.15, 0.2) is 30.3 Å². The molecule has 116 valence electrons. The van der Waals surface area contributed by atoms with E-state index in [1.165, 1.54) is 19.2 Å². The molecule has 2 heterocycles. The third kappa shape index (κ3) is 2.66. The smallest absolute Gasteiger partial charge is 0.331 e. The summed E-state index contributed by atoms with van der Waals surface area (Å²) < 4.78 is 34.6. The van der Waals surface area contributed by atoms with Gasteiger partial charge in [0.1, 0.15) is 0 Å². The van der Waals surface area contributed by atoms with Crippen molar-refractivity contribution >= 4 is 0 Å². The Morgan fingerprint density at radius 1 is 1.09 bits per heavy atom. The molecule has 0 unspecified atom stereocenters. The molecule has 22 heavy (non-hydrogen) atoms. The van der Waals surface area contributed by atoms with E-state index >= 15 is 0 Å². The second-order valence-corrected chi connectivity index (χ2v) is 5.17. The summed E-state index contributed by atoms with van der Waals surface area (Å²) in [5.74, 6) is -3.50. The van der Waals surface area contributed by atoms with Gasteiger partial charge in [-0.1, -0.05) is 30.3 Å². The van der Waals surface area contributed by atoms with E-state index in [1.807, 2.05) is 0 Å². The topological polar surface area (TPSA) is 47.0 Å². The van der Waals surface area contributed by atoms with Crippen molar-refractivity contribution in [3.8, 4) is 5.88 Å². The van der Waals surface area contributed by atoms with Crippen LogP contribution in [0, 0.1) is 0 Å². The number of aromatic nitrogens is 2. The van der Waals surface area contributed by atoms with Crippen molar-refractivity contribution in [2.24, 2.45) is 0 Å². The lowest BCUT2D eigenvalue weighted by Crippen LogP contribution is -2.21. The van der Waals surface area contributed by atoms with Gasteiger partial charge in [-0.3, -0.25) is 0 Å². The number of hydrogen-bond acceptors (Lipinski definition) is 4. The Labute approximate surface area is 127 Å². The predicted octanol–water partition coefficient (Wildman–Crippen LogP) is 2.31. The first-order valence-electron chi connectivity index (χ1n) is 7.21. The highest BCUT2D eigenvalue weighted by Crippen LogP contribution is 2.35. The van der Waals surface area contributed by atoms with Crippen molar-refractivity contribution in [3.05, 3.63) is 53.0 Å². The lowest BCUT2D eigenvalue weighted by atomic mass is 10.1. The van der Waals surface area contributed by atoms with E-state index in [9.17, 15) is 8.78 Å². The average molecular weight is 305 g/mol. The maximum Gasteiger partial charge on any atom is 0.331 e. The molecule has 1 N–H and O–H groups in total. The molecule has 1 aliphatic rings. The van der Waals surface area contributed by atoms with Crippen LogP contribution in [-0.4, -0.2) is 30.2 Å². The number of halogens is 2. The summed E-state index contributed by atoms with van der Waals surface area (Å²) >= 11 is 0. The molecule has 1 aliphatic heterocycles. The Balaban J connectivity index is 2.09. The van der Waals surface area contributed by atoms with E-state index in [1.54, 1.807) is 18.2 Å². The molecule has 3 rings (SSSR count). The second-order valence-electron chi connectivity index (χ2n) is 5.17. The Morgan fingerprint density at radius 3 is 2.55 bits per heavy atom. The van der Waals surface area contributed by atoms with Crippen LogP contribution < -0.4 is 10.1 Å². The van der Waals surface area contributed by atoms with E-state index in [0.29, 0.717) is 25.1 Å². The lowest BCUT2D eigenvalue weighted by molar-refractivity contribution is 0.0318. The van der Waals surface area contributed by atoms with Gasteiger partial charge in [-0.15, -0.1) is 0 Å². The second kappa shape index (κ2) is 5.96. The van der Waals surface area contributed by atoms with Crippen LogP contribution in [-0.2, 0) is 18.8 Å². The minimum absolute atomic E-state index is 0.122. The molecule has 0 amide bonds. The van der Waals surface area contributed by atoms with Gasteiger partial charge in [0.05, 0.1) is 12.8 Å². The van der Waals surface area contributed by atoms with Gasteiger partial charge in [-0.05, 0) is 13.0 Å². The summed E-state index contributed by atoms with van der Waals surface area (Å²) in [5.41, 5.74) is 1.34. The molecule has 2 aromatic rings. The maximum atomic E-state index is 14.7. The van der Waals surface area contributed by atoms with Gasteiger partial charge in [0, 0.05) is 24.1 Å². The summed E-state index contributed by atoms with van der Waals surface area (Å²) in [6, 6.07) is 7.61. The fourth-order valence-electron chi connectivity index (χ4n) is 2.60. The molecule has 0 saturated carbocycles. The zero-order valence-electron chi connectivity index (χ0n) is 12.3. The third-order valence-corrected chi connectivity index (χ3v) is 3.76. The molecule has 0 radical (unpaired) electrons. The van der Waals surface area contributed by atoms with Crippen molar-refractivity contribution < 1.29 is 13.5 Å². The van der Waals surface area contributed by atoms with Crippen LogP contribution in [0.1, 0.15) is 22.6 Å². The molecule has 0 bridgehead atoms. The minimum atomic E-state index is -3.25. The van der Waals surface area contributed by atoms with Gasteiger partial charge in [-0.2, -0.15) is 13.8 Å². The van der Waals surface area contributed by atoms with Gasteiger partial charge < -0.3 is 10.1 Å². The van der Waals surface area contributed by atoms with Crippen molar-refractivity contribution in [3.63, 3.8) is 0 Å². The Morgan fingerprint density at radius 2 is 1.82 bits per heavy atom. The Bertz CT molecular complexity index is 662. The van der Waals surface area contributed by atoms with E-state index in [-0.39, 0.29) is 11.4 Å². The number of ether oxygens (including phenoxy) is 1. The van der Waals surface area contributed by atoms with Gasteiger partial charge in [0.25, 0.3) is 0 Å². The highest BCUT2D eigenvalue weighted by atomic mass is 19.3. The monoisotopic (exact) mass is 305 g/mol. The largest absolute Gasteiger partial charge is 0.481 e. The van der Waals surface area contributed by atoms with Gasteiger partial charge in [0.15, 0.2) is 0 Å². The number of hydrogen-bond donors (Lipinski definition) is 1. The zero-order chi connectivity index (χ0) is 15.6. The number of nitrogens with zero attached hydrogens (tertiary/aromatic N) is 2. The Hall–Kier alpha value is -2.08. The first kappa shape index (κ1) is 14.8. The molecule has 4 nitrogen and oxygen atoms in total. The molecule has 6 heteroatoms. The normalized spacial score (nSPS) is 15.0. The number of fused-ring (bicyclic) bond motifs is 1. The van der Waals surface area contributed by atoms with Crippen molar-refractivity contribution in [2.75, 3.05) is 20.2 Å². The van der Waals surface area contributed by atoms with Gasteiger partial charge in [0.2, 0.25) is 11.7 Å². The van der Waals surface area contributed by atoms with E-state index < -0.39 is 11.7 Å². The molecule has 0 spiro atoms. The number of rotatable bonds is 3. The first-order valence-corrected chi connectivity index (χ1v) is 7.21. The highest BCUT2D eigenvalue weighted by Gasteiger charge is 2.38. The summed E-state index contributed by atoms with van der Waals surface area (Å²) in [7, 11) is 1.45. The molecule has 1 aromatic heterocycles. The highest BCUT2D eigenvalue weighted by molar-refractivity contribution is 5.36. The zero-order valence-corrected chi connectivity index (χ0v) is 12.3. The van der Waals surface area contributed by atoms with Crippen molar-refractivity contribution in [1.29, 1.82) is 0 Å². The number of nitrogens with one attached hydrogen (secondary N) is 1. The van der Waals surface area contributed by atoms with Gasteiger partial charge in [-0.25, -0.2) is 4.98 Å². The van der Waals surface area contributed by atoms with Crippen LogP contribution in [0.3, 0.4) is 0 Å². The average Bonchev–Trinajstić information content (AvgIpc) is 2.80. The van der Waals surface area contributed by atoms with Crippen molar-refractivity contribution in [2.45, 2.75) is 18.8 Å². The summed E-state index contributed by atoms with van der Waals surface area (Å²) in [4.78, 5) is 8.13. The number of methoxy groups -OCH3 is 1. The van der Waals surface area contributed by atoms with Crippen LogP contribution >= 0.6 is 0 Å². The van der Waals surface area contributed by atoms with Crippen LogP contribution in [0.25, 0.3) is 0 Å². The molecule has 0 fully saturated rings. The molecular formula is C16H17F2N3O. The molecule has 0 atom stereocenters. The van der Waals surface area contributed by atoms with E-state index in [2.05, 4.69) is 15.3 Å². The summed E-state index contributed by atoms with van der Waals surface area (Å²) in [6.45, 7) is 1.48. The SMILES string of the molecule is COc1nc(C(F)(F)c2ccccc2)nc2c1CCNCC2. The number of benzene rings is 1. The van der Waals surface area contributed by atoms with Crippen LogP contribution in [0.4, 0.5) is 8.78 Å². The predicted molar refractivity (Wildman–Crippen MR) is 78.3 cm³/mol. The quantitative estimate of drug-likeness (QED) is 0.945. The molecule has 1 aromatic carbocycles. The van der Waals surface area contributed by atoms with Gasteiger partial charge >= 0.3 is 5.92 Å². The third-order valence-electron chi connectivity index (χ3n) is 3.76. The Kier molecular flexibility index (Phi) is 4.02. The van der Waals surface area contributed by atoms with Crippen molar-refractivity contribution in [1.82, 2.24) is 15.3 Å². The fourth-order valence-corrected chi connectivity index (χ4v) is 2.60. The van der Waals surface area contributed by atoms with Crippen LogP contribution in [0.5, 0.6) is 5.88 Å². The molecule has 0 aliphatic carbocycles. The number of alkyl halides is 2. The molecule has 0 saturated heterocycles. The molecular weight excluding hydrogens is 288 g/mol. The summed E-state index contributed by atoms with van der Waals surface area (Å²) in [6.07, 6.45) is 1.27. The fraction of sp³-hybridized carbons (Fsp3) is 0.375. The standard InChI is InChI=1S/C16H17F2N3O/c1-22-14-12-7-9-19-10-8-13(12)20-15(21-14)16(17,18)11-5-3-2-4-6-11/h2-6,19H,7-10H2,1H3. The first-order chi connectivity index (χ1) is 10.6. The van der Waals surface area contributed by atoms with E-state index in [4.69, 9.17) is 4.74 Å². The minimum Gasteiger partial charge on any atom is -0.481 e. The van der Waals surface area contributed by atoms with Crippen LogP contribution in [0.2, 0.25) is 0 Å². The maximum absolute atomic E-state index is 14.7. The lowest BCUT2D eigenvalue weighted by Gasteiger charge is -2.18.